The average molecular weight is 340 g/mol. The summed E-state index contributed by atoms with van der Waals surface area (Å²) in [6, 6.07) is 15.5. The van der Waals surface area contributed by atoms with E-state index in [0.29, 0.717) is 12.8 Å². The van der Waals surface area contributed by atoms with Gasteiger partial charge in [-0.25, -0.2) is 0 Å². The minimum Gasteiger partial charge on any atom is -0.326 e. The maximum atomic E-state index is 12.2. The fourth-order valence-electron chi connectivity index (χ4n) is 2.81. The molecule has 1 heterocycles. The number of benzene rings is 2. The van der Waals surface area contributed by atoms with Gasteiger partial charge in [0.2, 0.25) is 11.8 Å². The number of carbonyl (C=O) groups is 2. The Morgan fingerprint density at radius 2 is 2.00 bits per heavy atom. The normalized spacial score (nSPS) is 14.0. The van der Waals surface area contributed by atoms with Gasteiger partial charge in [0.1, 0.15) is 0 Å². The van der Waals surface area contributed by atoms with Crippen LogP contribution in [0.2, 0.25) is 0 Å². The summed E-state index contributed by atoms with van der Waals surface area (Å²) in [6.45, 7) is 0.782. The van der Waals surface area contributed by atoms with E-state index in [4.69, 9.17) is 0 Å². The molecule has 1 N–H and O–H groups in total. The van der Waals surface area contributed by atoms with Crippen LogP contribution in [0.15, 0.2) is 53.4 Å². The minimum atomic E-state index is -0.0433. The van der Waals surface area contributed by atoms with Crippen LogP contribution in [0.5, 0.6) is 0 Å². The first kappa shape index (κ1) is 16.6. The van der Waals surface area contributed by atoms with Crippen LogP contribution >= 0.6 is 11.8 Å². The number of hydrogen-bond donors (Lipinski definition) is 1. The zero-order valence-corrected chi connectivity index (χ0v) is 14.4. The maximum absolute atomic E-state index is 12.2. The van der Waals surface area contributed by atoms with Crippen LogP contribution in [0, 0.1) is 0 Å². The second kappa shape index (κ2) is 7.53. The molecule has 0 aromatic heterocycles. The van der Waals surface area contributed by atoms with Crippen molar-refractivity contribution in [1.82, 2.24) is 0 Å². The molecule has 1 fully saturated rings. The molecule has 124 valence electrons. The Morgan fingerprint density at radius 3 is 2.67 bits per heavy atom. The number of carbonyl (C=O) groups excluding carboxylic acids is 2. The molecule has 2 aromatic carbocycles. The van der Waals surface area contributed by atoms with E-state index in [0.717, 1.165) is 34.8 Å². The van der Waals surface area contributed by atoms with Gasteiger partial charge in [-0.3, -0.25) is 9.59 Å². The van der Waals surface area contributed by atoms with Gasteiger partial charge in [-0.1, -0.05) is 18.2 Å². The van der Waals surface area contributed by atoms with Crippen molar-refractivity contribution in [2.75, 3.05) is 23.0 Å². The molecule has 0 bridgehead atoms. The van der Waals surface area contributed by atoms with Gasteiger partial charge < -0.3 is 10.2 Å². The number of nitrogens with one attached hydrogen (secondary N) is 1. The van der Waals surface area contributed by atoms with Crippen LogP contribution in [0.3, 0.4) is 0 Å². The van der Waals surface area contributed by atoms with Crippen molar-refractivity contribution in [1.29, 1.82) is 0 Å². The van der Waals surface area contributed by atoms with E-state index in [1.807, 2.05) is 54.8 Å². The molecule has 2 amide bonds. The predicted octanol–water partition coefficient (Wildman–Crippen LogP) is 3.72. The summed E-state index contributed by atoms with van der Waals surface area (Å²) in [6.07, 6.45) is 3.86. The Balaban J connectivity index is 1.61. The molecule has 2 aromatic rings. The summed E-state index contributed by atoms with van der Waals surface area (Å²) in [5, 5.41) is 2.93. The third-order valence-electron chi connectivity index (χ3n) is 4.04. The van der Waals surface area contributed by atoms with Gasteiger partial charge in [0.05, 0.1) is 6.42 Å². The van der Waals surface area contributed by atoms with E-state index in [1.165, 1.54) is 0 Å². The molecular formula is C19H20N2O2S. The largest absolute Gasteiger partial charge is 0.326 e. The number of hydrogen-bond acceptors (Lipinski definition) is 3. The second-order valence-electron chi connectivity index (χ2n) is 5.77. The van der Waals surface area contributed by atoms with Gasteiger partial charge in [0.25, 0.3) is 0 Å². The summed E-state index contributed by atoms with van der Waals surface area (Å²) in [5.41, 5.74) is 2.66. The first-order valence-electron chi connectivity index (χ1n) is 7.99. The number of anilines is 2. The Hall–Kier alpha value is -2.27. The molecular weight excluding hydrogens is 320 g/mol. The topological polar surface area (TPSA) is 49.4 Å². The van der Waals surface area contributed by atoms with Gasteiger partial charge in [-0.15, -0.1) is 11.8 Å². The highest BCUT2D eigenvalue weighted by molar-refractivity contribution is 7.98. The highest BCUT2D eigenvalue weighted by Gasteiger charge is 2.21. The first-order valence-corrected chi connectivity index (χ1v) is 9.21. The molecule has 0 unspecified atom stereocenters. The summed E-state index contributed by atoms with van der Waals surface area (Å²) in [5.74, 6) is 0.132. The maximum Gasteiger partial charge on any atom is 0.228 e. The monoisotopic (exact) mass is 340 g/mol. The van der Waals surface area contributed by atoms with Crippen molar-refractivity contribution >= 4 is 35.0 Å². The van der Waals surface area contributed by atoms with Crippen molar-refractivity contribution in [3.05, 3.63) is 54.1 Å². The predicted molar refractivity (Wildman–Crippen MR) is 98.6 cm³/mol. The smallest absolute Gasteiger partial charge is 0.228 e. The average Bonchev–Trinajstić information content (AvgIpc) is 3.01. The van der Waals surface area contributed by atoms with Crippen molar-refractivity contribution < 1.29 is 9.59 Å². The molecule has 3 rings (SSSR count). The molecule has 4 nitrogen and oxygen atoms in total. The lowest BCUT2D eigenvalue weighted by molar-refractivity contribution is -0.117. The lowest BCUT2D eigenvalue weighted by Crippen LogP contribution is -2.23. The molecule has 0 saturated carbocycles. The van der Waals surface area contributed by atoms with Crippen molar-refractivity contribution in [3.63, 3.8) is 0 Å². The van der Waals surface area contributed by atoms with Crippen LogP contribution in [0.1, 0.15) is 18.4 Å². The summed E-state index contributed by atoms with van der Waals surface area (Å²) >= 11 is 1.64. The second-order valence-corrected chi connectivity index (χ2v) is 6.65. The van der Waals surface area contributed by atoms with Gasteiger partial charge in [0, 0.05) is 29.2 Å². The Morgan fingerprint density at radius 1 is 1.21 bits per heavy atom. The number of nitrogens with zero attached hydrogens (tertiary/aromatic N) is 1. The zero-order chi connectivity index (χ0) is 16.9. The minimum absolute atomic E-state index is 0.0433. The molecule has 0 spiro atoms. The highest BCUT2D eigenvalue weighted by Crippen LogP contribution is 2.22. The molecule has 24 heavy (non-hydrogen) atoms. The van der Waals surface area contributed by atoms with Gasteiger partial charge in [0.15, 0.2) is 0 Å². The molecule has 0 aliphatic carbocycles. The third-order valence-corrected chi connectivity index (χ3v) is 4.76. The fourth-order valence-corrected chi connectivity index (χ4v) is 3.27. The summed E-state index contributed by atoms with van der Waals surface area (Å²) in [4.78, 5) is 26.9. The van der Waals surface area contributed by atoms with E-state index in [9.17, 15) is 9.59 Å². The van der Waals surface area contributed by atoms with Crippen LogP contribution in [0.4, 0.5) is 11.4 Å². The SMILES string of the molecule is CSc1cccc(NC(=O)Cc2ccc(N3CCCC3=O)cc2)c1. The van der Waals surface area contributed by atoms with E-state index in [1.54, 1.807) is 16.7 Å². The molecule has 1 aliphatic heterocycles. The van der Waals surface area contributed by atoms with Crippen molar-refractivity contribution in [2.45, 2.75) is 24.2 Å². The Bertz CT molecular complexity index is 743. The summed E-state index contributed by atoms with van der Waals surface area (Å²) < 4.78 is 0. The molecule has 0 radical (unpaired) electrons. The van der Waals surface area contributed by atoms with Crippen molar-refractivity contribution in [3.8, 4) is 0 Å². The Kier molecular flexibility index (Phi) is 5.20. The van der Waals surface area contributed by atoms with Gasteiger partial charge >= 0.3 is 0 Å². The van der Waals surface area contributed by atoms with Gasteiger partial charge in [-0.05, 0) is 48.6 Å². The standard InChI is InChI=1S/C19H20N2O2S/c1-24-17-5-2-4-15(13-17)20-18(22)12-14-7-9-16(10-8-14)21-11-3-6-19(21)23/h2,4-5,7-10,13H,3,6,11-12H2,1H3,(H,20,22). The highest BCUT2D eigenvalue weighted by atomic mass is 32.2. The van der Waals surface area contributed by atoms with Crippen LogP contribution in [-0.2, 0) is 16.0 Å². The van der Waals surface area contributed by atoms with E-state index in [-0.39, 0.29) is 11.8 Å². The molecule has 5 heteroatoms. The van der Waals surface area contributed by atoms with Crippen LogP contribution < -0.4 is 10.2 Å². The van der Waals surface area contributed by atoms with E-state index >= 15 is 0 Å². The lowest BCUT2D eigenvalue weighted by atomic mass is 10.1. The molecule has 1 saturated heterocycles. The Labute approximate surface area is 146 Å². The van der Waals surface area contributed by atoms with E-state index in [2.05, 4.69) is 5.32 Å². The third kappa shape index (κ3) is 3.97. The van der Waals surface area contributed by atoms with Crippen LogP contribution in [0.25, 0.3) is 0 Å². The summed E-state index contributed by atoms with van der Waals surface area (Å²) in [7, 11) is 0. The number of amides is 2. The molecule has 0 atom stereocenters. The van der Waals surface area contributed by atoms with Crippen molar-refractivity contribution in [2.24, 2.45) is 0 Å². The van der Waals surface area contributed by atoms with E-state index < -0.39 is 0 Å². The van der Waals surface area contributed by atoms with Crippen LogP contribution in [-0.4, -0.2) is 24.6 Å². The first-order chi connectivity index (χ1) is 11.7. The quantitative estimate of drug-likeness (QED) is 0.844. The fraction of sp³-hybridized carbons (Fsp3) is 0.263. The number of rotatable bonds is 5. The number of thioether (sulfide) groups is 1. The lowest BCUT2D eigenvalue weighted by Gasteiger charge is -2.15. The molecule has 1 aliphatic rings. The zero-order valence-electron chi connectivity index (χ0n) is 13.6. The van der Waals surface area contributed by atoms with Gasteiger partial charge in [-0.2, -0.15) is 0 Å².